The molecule has 1 atom stereocenters. The first-order valence-electron chi connectivity index (χ1n) is 6.92. The summed E-state index contributed by atoms with van der Waals surface area (Å²) in [4.78, 5) is 20.7. The molecule has 4 heteroatoms. The first-order valence-corrected chi connectivity index (χ1v) is 6.92. The van der Waals surface area contributed by atoms with E-state index in [1.165, 1.54) is 6.42 Å². The van der Waals surface area contributed by atoms with Crippen LogP contribution in [-0.2, 0) is 11.2 Å². The fourth-order valence-electron chi connectivity index (χ4n) is 2.71. The van der Waals surface area contributed by atoms with E-state index in [1.54, 1.807) is 12.3 Å². The van der Waals surface area contributed by atoms with Crippen LogP contribution in [-0.4, -0.2) is 15.8 Å². The Labute approximate surface area is 113 Å². The molecule has 0 saturated heterocycles. The molecule has 1 unspecified atom stereocenters. The summed E-state index contributed by atoms with van der Waals surface area (Å²) in [5.74, 6) is 0.316. The average Bonchev–Trinajstić information content (AvgIpc) is 2.45. The van der Waals surface area contributed by atoms with E-state index in [-0.39, 0.29) is 11.7 Å². The quantitative estimate of drug-likeness (QED) is 0.831. The molecule has 1 fully saturated rings. The summed E-state index contributed by atoms with van der Waals surface area (Å²) >= 11 is 0. The molecule has 2 rings (SSSR count). The molecule has 19 heavy (non-hydrogen) atoms. The van der Waals surface area contributed by atoms with Gasteiger partial charge in [-0.15, -0.1) is 0 Å². The number of carbonyl (C=O) groups excluding carboxylic acids is 1. The second-order valence-electron chi connectivity index (χ2n) is 5.22. The summed E-state index contributed by atoms with van der Waals surface area (Å²) in [7, 11) is 0. The molecule has 0 aliphatic heterocycles. The van der Waals surface area contributed by atoms with Gasteiger partial charge in [0, 0.05) is 24.2 Å². The lowest BCUT2D eigenvalue weighted by Crippen LogP contribution is -2.26. The number of nitriles is 1. The first-order chi connectivity index (χ1) is 9.20. The standard InChI is InChI=1S/C15H19N3O/c1-11-17-8-7-14(18-11)9-13(10-16)15(19)12-5-3-2-4-6-12/h7-8,12-13H,2-6,9H2,1H3. The van der Waals surface area contributed by atoms with Crippen LogP contribution in [0.15, 0.2) is 12.3 Å². The number of Topliss-reactive ketones (excluding diaryl/α,β-unsaturated/α-hetero) is 1. The van der Waals surface area contributed by atoms with E-state index in [0.29, 0.717) is 12.2 Å². The zero-order chi connectivity index (χ0) is 13.7. The van der Waals surface area contributed by atoms with Gasteiger partial charge in [-0.2, -0.15) is 5.26 Å². The van der Waals surface area contributed by atoms with Crippen LogP contribution in [0.1, 0.15) is 43.6 Å². The largest absolute Gasteiger partial charge is 0.298 e. The highest BCUT2D eigenvalue weighted by Gasteiger charge is 2.28. The Bertz CT molecular complexity index is 486. The smallest absolute Gasteiger partial charge is 0.153 e. The Morgan fingerprint density at radius 3 is 2.84 bits per heavy atom. The zero-order valence-electron chi connectivity index (χ0n) is 11.3. The molecule has 0 aromatic carbocycles. The van der Waals surface area contributed by atoms with E-state index in [1.807, 2.05) is 6.92 Å². The predicted molar refractivity (Wildman–Crippen MR) is 71.2 cm³/mol. The molecule has 1 aromatic rings. The molecule has 100 valence electrons. The molecule has 1 saturated carbocycles. The van der Waals surface area contributed by atoms with Crippen LogP contribution in [0.4, 0.5) is 0 Å². The number of hydrogen-bond acceptors (Lipinski definition) is 4. The Hall–Kier alpha value is -1.76. The summed E-state index contributed by atoms with van der Waals surface area (Å²) in [6, 6.07) is 3.94. The Balaban J connectivity index is 2.03. The Morgan fingerprint density at radius 2 is 2.21 bits per heavy atom. The van der Waals surface area contributed by atoms with Crippen LogP contribution in [0.5, 0.6) is 0 Å². The fraction of sp³-hybridized carbons (Fsp3) is 0.600. The number of ketones is 1. The number of nitrogens with zero attached hydrogens (tertiary/aromatic N) is 3. The van der Waals surface area contributed by atoms with E-state index < -0.39 is 5.92 Å². The monoisotopic (exact) mass is 257 g/mol. The minimum Gasteiger partial charge on any atom is -0.298 e. The average molecular weight is 257 g/mol. The lowest BCUT2D eigenvalue weighted by Gasteiger charge is -2.22. The van der Waals surface area contributed by atoms with E-state index in [4.69, 9.17) is 0 Å². The van der Waals surface area contributed by atoms with Gasteiger partial charge in [-0.05, 0) is 25.8 Å². The third kappa shape index (κ3) is 3.60. The molecule has 0 amide bonds. The summed E-state index contributed by atoms with van der Waals surface area (Å²) in [6.07, 6.45) is 7.42. The molecule has 0 spiro atoms. The topological polar surface area (TPSA) is 66.6 Å². The van der Waals surface area contributed by atoms with Gasteiger partial charge in [0.1, 0.15) is 11.7 Å². The van der Waals surface area contributed by atoms with Crippen molar-refractivity contribution in [3.63, 3.8) is 0 Å². The SMILES string of the molecule is Cc1nccc(CC(C#N)C(=O)C2CCCCC2)n1. The van der Waals surface area contributed by atoms with Crippen molar-refractivity contribution < 1.29 is 4.79 Å². The molecule has 1 aliphatic carbocycles. The minimum absolute atomic E-state index is 0.0846. The normalized spacial score (nSPS) is 17.7. The fourth-order valence-corrected chi connectivity index (χ4v) is 2.71. The molecule has 1 aromatic heterocycles. The summed E-state index contributed by atoms with van der Waals surface area (Å²) in [6.45, 7) is 1.81. The second kappa shape index (κ2) is 6.42. The van der Waals surface area contributed by atoms with Crippen molar-refractivity contribution in [2.45, 2.75) is 45.4 Å². The predicted octanol–water partition coefficient (Wildman–Crippen LogP) is 2.62. The van der Waals surface area contributed by atoms with Gasteiger partial charge in [-0.1, -0.05) is 19.3 Å². The van der Waals surface area contributed by atoms with Crippen LogP contribution >= 0.6 is 0 Å². The van der Waals surface area contributed by atoms with E-state index in [0.717, 1.165) is 31.4 Å². The lowest BCUT2D eigenvalue weighted by atomic mass is 9.81. The summed E-state index contributed by atoms with van der Waals surface area (Å²) < 4.78 is 0. The van der Waals surface area contributed by atoms with Gasteiger partial charge in [0.2, 0.25) is 0 Å². The van der Waals surface area contributed by atoms with Gasteiger partial charge >= 0.3 is 0 Å². The van der Waals surface area contributed by atoms with Crippen molar-refractivity contribution in [1.29, 1.82) is 5.26 Å². The maximum absolute atomic E-state index is 12.4. The van der Waals surface area contributed by atoms with Crippen molar-refractivity contribution in [3.05, 3.63) is 23.8 Å². The van der Waals surface area contributed by atoms with Crippen molar-refractivity contribution in [1.82, 2.24) is 9.97 Å². The van der Waals surface area contributed by atoms with Crippen molar-refractivity contribution in [3.8, 4) is 6.07 Å². The first kappa shape index (κ1) is 13.7. The highest BCUT2D eigenvalue weighted by molar-refractivity contribution is 5.85. The van der Waals surface area contributed by atoms with Gasteiger partial charge < -0.3 is 0 Å². The van der Waals surface area contributed by atoms with Crippen LogP contribution in [0, 0.1) is 30.1 Å². The lowest BCUT2D eigenvalue weighted by molar-refractivity contribution is -0.126. The van der Waals surface area contributed by atoms with Gasteiger partial charge in [-0.3, -0.25) is 4.79 Å². The van der Waals surface area contributed by atoms with Gasteiger partial charge in [0.05, 0.1) is 6.07 Å². The van der Waals surface area contributed by atoms with Crippen molar-refractivity contribution in [2.75, 3.05) is 0 Å². The molecule has 1 heterocycles. The minimum atomic E-state index is -0.558. The number of carbonyl (C=O) groups is 1. The Morgan fingerprint density at radius 1 is 1.47 bits per heavy atom. The van der Waals surface area contributed by atoms with Gasteiger partial charge in [0.25, 0.3) is 0 Å². The molecular formula is C15H19N3O. The molecular weight excluding hydrogens is 238 g/mol. The molecule has 1 aliphatic rings. The maximum Gasteiger partial charge on any atom is 0.153 e. The summed E-state index contributed by atoms with van der Waals surface area (Å²) in [5, 5.41) is 9.24. The number of rotatable bonds is 4. The molecule has 4 nitrogen and oxygen atoms in total. The van der Waals surface area contributed by atoms with Crippen LogP contribution in [0.3, 0.4) is 0 Å². The van der Waals surface area contributed by atoms with Crippen molar-refractivity contribution >= 4 is 5.78 Å². The second-order valence-corrected chi connectivity index (χ2v) is 5.22. The van der Waals surface area contributed by atoms with E-state index in [2.05, 4.69) is 16.0 Å². The Kier molecular flexibility index (Phi) is 4.62. The third-order valence-electron chi connectivity index (χ3n) is 3.75. The number of aryl methyl sites for hydroxylation is 1. The third-order valence-corrected chi connectivity index (χ3v) is 3.75. The highest BCUT2D eigenvalue weighted by atomic mass is 16.1. The molecule has 0 radical (unpaired) electrons. The van der Waals surface area contributed by atoms with E-state index in [9.17, 15) is 10.1 Å². The van der Waals surface area contributed by atoms with Crippen LogP contribution in [0.25, 0.3) is 0 Å². The number of aromatic nitrogens is 2. The zero-order valence-corrected chi connectivity index (χ0v) is 11.3. The van der Waals surface area contributed by atoms with Crippen LogP contribution < -0.4 is 0 Å². The molecule has 0 bridgehead atoms. The van der Waals surface area contributed by atoms with Crippen molar-refractivity contribution in [2.24, 2.45) is 11.8 Å². The van der Waals surface area contributed by atoms with E-state index >= 15 is 0 Å². The molecule has 0 N–H and O–H groups in total. The van der Waals surface area contributed by atoms with Gasteiger partial charge in [0.15, 0.2) is 5.78 Å². The summed E-state index contributed by atoms with van der Waals surface area (Å²) in [5.41, 5.74) is 0.781. The highest BCUT2D eigenvalue weighted by Crippen LogP contribution is 2.27. The van der Waals surface area contributed by atoms with Gasteiger partial charge in [-0.25, -0.2) is 9.97 Å². The maximum atomic E-state index is 12.4. The van der Waals surface area contributed by atoms with Crippen LogP contribution in [0.2, 0.25) is 0 Å². The number of hydrogen-bond donors (Lipinski definition) is 0.